The zero-order valence-electron chi connectivity index (χ0n) is 11.1. The van der Waals surface area contributed by atoms with Gasteiger partial charge in [-0.3, -0.25) is 4.79 Å². The Labute approximate surface area is 104 Å². The fraction of sp³-hybridized carbons (Fsp3) is 0.923. The van der Waals surface area contributed by atoms with Crippen LogP contribution < -0.4 is 5.32 Å². The van der Waals surface area contributed by atoms with Crippen LogP contribution in [0, 0.1) is 0 Å². The summed E-state index contributed by atoms with van der Waals surface area (Å²) in [6, 6.07) is 1.27. The van der Waals surface area contributed by atoms with E-state index >= 15 is 0 Å². The highest BCUT2D eigenvalue weighted by molar-refractivity contribution is 5.73. The lowest BCUT2D eigenvalue weighted by molar-refractivity contribution is -0.129. The maximum absolute atomic E-state index is 11.2. The maximum Gasteiger partial charge on any atom is 0.219 e. The molecule has 1 N–H and O–H groups in total. The van der Waals surface area contributed by atoms with Crippen LogP contribution in [0.4, 0.5) is 0 Å². The molecule has 1 unspecified atom stereocenters. The lowest BCUT2D eigenvalue weighted by Gasteiger charge is -2.37. The quantitative estimate of drug-likeness (QED) is 0.770. The Hall–Kier alpha value is -0.610. The molecule has 0 aromatic heterocycles. The summed E-state index contributed by atoms with van der Waals surface area (Å²) in [5.41, 5.74) is 0. The van der Waals surface area contributed by atoms with Gasteiger partial charge in [-0.05, 0) is 39.3 Å². The van der Waals surface area contributed by atoms with Crippen molar-refractivity contribution in [3.8, 4) is 0 Å². The summed E-state index contributed by atoms with van der Waals surface area (Å²) in [4.78, 5) is 15.6. The molecule has 1 amide bonds. The van der Waals surface area contributed by atoms with Crippen LogP contribution in [-0.2, 0) is 4.79 Å². The van der Waals surface area contributed by atoms with Crippen molar-refractivity contribution in [3.63, 3.8) is 0 Å². The number of likely N-dealkylation sites (tertiary alicyclic amines) is 2. The molecule has 17 heavy (non-hydrogen) atoms. The van der Waals surface area contributed by atoms with Gasteiger partial charge >= 0.3 is 0 Å². The van der Waals surface area contributed by atoms with Crippen LogP contribution in [-0.4, -0.2) is 61.0 Å². The van der Waals surface area contributed by atoms with E-state index in [-0.39, 0.29) is 5.91 Å². The molecular weight excluding hydrogens is 214 g/mol. The molecule has 0 saturated carbocycles. The van der Waals surface area contributed by atoms with Crippen molar-refractivity contribution >= 4 is 5.91 Å². The van der Waals surface area contributed by atoms with E-state index in [0.29, 0.717) is 12.1 Å². The first kappa shape index (κ1) is 12.8. The van der Waals surface area contributed by atoms with E-state index < -0.39 is 0 Å². The van der Waals surface area contributed by atoms with E-state index in [1.165, 1.54) is 25.9 Å². The standard InChI is InChI=1S/C13H25N3O/c1-11(17)16-8-5-12(6-9-16)14-13-4-3-7-15(2)10-13/h12-14H,3-10H2,1-2H3. The minimum atomic E-state index is 0.223. The molecule has 0 radical (unpaired) electrons. The van der Waals surface area contributed by atoms with Crippen LogP contribution in [0.15, 0.2) is 0 Å². The lowest BCUT2D eigenvalue weighted by Crippen LogP contribution is -2.51. The summed E-state index contributed by atoms with van der Waals surface area (Å²) in [6.07, 6.45) is 4.83. The minimum Gasteiger partial charge on any atom is -0.343 e. The van der Waals surface area contributed by atoms with Crippen LogP contribution >= 0.6 is 0 Å². The molecule has 0 aromatic rings. The summed E-state index contributed by atoms with van der Waals surface area (Å²) >= 11 is 0. The van der Waals surface area contributed by atoms with Crippen molar-refractivity contribution in [2.75, 3.05) is 33.2 Å². The highest BCUT2D eigenvalue weighted by Gasteiger charge is 2.24. The Morgan fingerprint density at radius 2 is 1.82 bits per heavy atom. The maximum atomic E-state index is 11.2. The van der Waals surface area contributed by atoms with Gasteiger partial charge in [-0.25, -0.2) is 0 Å². The van der Waals surface area contributed by atoms with Gasteiger partial charge in [0, 0.05) is 38.6 Å². The topological polar surface area (TPSA) is 35.6 Å². The molecule has 2 saturated heterocycles. The summed E-state index contributed by atoms with van der Waals surface area (Å²) in [5, 5.41) is 3.77. The number of piperidine rings is 2. The number of nitrogens with zero attached hydrogens (tertiary/aromatic N) is 2. The number of nitrogens with one attached hydrogen (secondary N) is 1. The second-order valence-electron chi connectivity index (χ2n) is 5.55. The van der Waals surface area contributed by atoms with Gasteiger partial charge in [-0.15, -0.1) is 0 Å². The van der Waals surface area contributed by atoms with E-state index in [0.717, 1.165) is 25.9 Å². The molecule has 4 heteroatoms. The molecule has 2 aliphatic heterocycles. The normalized spacial score (nSPS) is 28.4. The van der Waals surface area contributed by atoms with Crippen molar-refractivity contribution < 1.29 is 4.79 Å². The van der Waals surface area contributed by atoms with Crippen LogP contribution in [0.1, 0.15) is 32.6 Å². The molecule has 2 aliphatic rings. The second kappa shape index (κ2) is 5.83. The van der Waals surface area contributed by atoms with Crippen LogP contribution in [0.5, 0.6) is 0 Å². The van der Waals surface area contributed by atoms with Crippen LogP contribution in [0.2, 0.25) is 0 Å². The predicted octanol–water partition coefficient (Wildman–Crippen LogP) is 0.681. The van der Waals surface area contributed by atoms with E-state index in [9.17, 15) is 4.79 Å². The third-order valence-electron chi connectivity index (χ3n) is 4.04. The van der Waals surface area contributed by atoms with Gasteiger partial charge < -0.3 is 15.1 Å². The van der Waals surface area contributed by atoms with Gasteiger partial charge in [0.25, 0.3) is 0 Å². The molecular formula is C13H25N3O. The highest BCUT2D eigenvalue weighted by atomic mass is 16.2. The third-order valence-corrected chi connectivity index (χ3v) is 4.04. The molecule has 2 heterocycles. The van der Waals surface area contributed by atoms with Gasteiger partial charge in [-0.2, -0.15) is 0 Å². The van der Waals surface area contributed by atoms with Crippen LogP contribution in [0.3, 0.4) is 0 Å². The second-order valence-corrected chi connectivity index (χ2v) is 5.55. The smallest absolute Gasteiger partial charge is 0.219 e. The molecule has 0 aromatic carbocycles. The third kappa shape index (κ3) is 3.68. The van der Waals surface area contributed by atoms with Crippen molar-refractivity contribution in [1.82, 2.24) is 15.1 Å². The molecule has 0 aliphatic carbocycles. The van der Waals surface area contributed by atoms with Gasteiger partial charge in [0.05, 0.1) is 0 Å². The van der Waals surface area contributed by atoms with Crippen molar-refractivity contribution in [1.29, 1.82) is 0 Å². The molecule has 2 fully saturated rings. The average molecular weight is 239 g/mol. The number of hydrogen-bond acceptors (Lipinski definition) is 3. The molecule has 2 rings (SSSR count). The number of likely N-dealkylation sites (N-methyl/N-ethyl adjacent to an activating group) is 1. The summed E-state index contributed by atoms with van der Waals surface area (Å²) in [5.74, 6) is 0.223. The Morgan fingerprint density at radius 1 is 1.12 bits per heavy atom. The first-order valence-electron chi connectivity index (χ1n) is 6.85. The molecule has 4 nitrogen and oxygen atoms in total. The van der Waals surface area contributed by atoms with Gasteiger partial charge in [-0.1, -0.05) is 0 Å². The first-order chi connectivity index (χ1) is 8.15. The summed E-state index contributed by atoms with van der Waals surface area (Å²) in [6.45, 7) is 5.93. The van der Waals surface area contributed by atoms with Crippen molar-refractivity contribution in [3.05, 3.63) is 0 Å². The number of hydrogen-bond donors (Lipinski definition) is 1. The summed E-state index contributed by atoms with van der Waals surface area (Å²) < 4.78 is 0. The van der Waals surface area contributed by atoms with Crippen LogP contribution in [0.25, 0.3) is 0 Å². The Kier molecular flexibility index (Phi) is 4.40. The van der Waals surface area contributed by atoms with Gasteiger partial charge in [0.15, 0.2) is 0 Å². The monoisotopic (exact) mass is 239 g/mol. The SMILES string of the molecule is CC(=O)N1CCC(NC2CCCN(C)C2)CC1. The minimum absolute atomic E-state index is 0.223. The summed E-state index contributed by atoms with van der Waals surface area (Å²) in [7, 11) is 2.20. The largest absolute Gasteiger partial charge is 0.343 e. The molecule has 1 atom stereocenters. The molecule has 98 valence electrons. The fourth-order valence-corrected chi connectivity index (χ4v) is 3.00. The Balaban J connectivity index is 1.72. The zero-order valence-corrected chi connectivity index (χ0v) is 11.1. The zero-order chi connectivity index (χ0) is 12.3. The van der Waals surface area contributed by atoms with Gasteiger partial charge in [0.2, 0.25) is 5.91 Å². The number of amides is 1. The van der Waals surface area contributed by atoms with E-state index in [1.54, 1.807) is 6.92 Å². The molecule has 0 spiro atoms. The van der Waals surface area contributed by atoms with E-state index in [1.807, 2.05) is 4.90 Å². The van der Waals surface area contributed by atoms with Crippen molar-refractivity contribution in [2.45, 2.75) is 44.7 Å². The lowest BCUT2D eigenvalue weighted by atomic mass is 10.0. The van der Waals surface area contributed by atoms with E-state index in [4.69, 9.17) is 0 Å². The van der Waals surface area contributed by atoms with Crippen molar-refractivity contribution in [2.24, 2.45) is 0 Å². The van der Waals surface area contributed by atoms with Gasteiger partial charge in [0.1, 0.15) is 0 Å². The molecule has 0 bridgehead atoms. The fourth-order valence-electron chi connectivity index (χ4n) is 3.00. The number of carbonyl (C=O) groups is 1. The Bertz CT molecular complexity index is 261. The Morgan fingerprint density at radius 3 is 2.41 bits per heavy atom. The average Bonchev–Trinajstić information content (AvgIpc) is 2.29. The predicted molar refractivity (Wildman–Crippen MR) is 68.9 cm³/mol. The highest BCUT2D eigenvalue weighted by Crippen LogP contribution is 2.14. The number of carbonyl (C=O) groups excluding carboxylic acids is 1. The number of rotatable bonds is 2. The van der Waals surface area contributed by atoms with E-state index in [2.05, 4.69) is 17.3 Å². The first-order valence-corrected chi connectivity index (χ1v) is 6.85.